The quantitative estimate of drug-likeness (QED) is 0.684. The molecule has 0 saturated carbocycles. The van der Waals surface area contributed by atoms with Gasteiger partial charge in [0.2, 0.25) is 5.91 Å². The first-order valence-corrected chi connectivity index (χ1v) is 6.82. The average molecular weight is 287 g/mol. The zero-order chi connectivity index (χ0) is 15.7. The van der Waals surface area contributed by atoms with Crippen molar-refractivity contribution in [3.63, 3.8) is 0 Å². The van der Waals surface area contributed by atoms with Gasteiger partial charge >= 0.3 is 12.0 Å². The lowest BCUT2D eigenvalue weighted by Crippen LogP contribution is -2.47. The molecule has 0 spiro atoms. The third-order valence-electron chi connectivity index (χ3n) is 2.85. The highest BCUT2D eigenvalue weighted by Gasteiger charge is 2.22. The molecule has 1 unspecified atom stereocenters. The smallest absolute Gasteiger partial charge is 0.320 e. The van der Waals surface area contributed by atoms with Gasteiger partial charge < -0.3 is 20.2 Å². The molecule has 0 rings (SSSR count). The number of amides is 3. The lowest BCUT2D eigenvalue weighted by Gasteiger charge is -2.28. The number of urea groups is 1. The molecule has 0 aliphatic rings. The molecule has 116 valence electrons. The molecule has 0 saturated heterocycles. The Hall–Kier alpha value is -1.79. The summed E-state index contributed by atoms with van der Waals surface area (Å²) in [5.74, 6) is -1.80. The second-order valence-corrected chi connectivity index (χ2v) is 4.77. The van der Waals surface area contributed by atoms with Gasteiger partial charge in [-0.2, -0.15) is 0 Å². The molecule has 1 atom stereocenters. The van der Waals surface area contributed by atoms with Gasteiger partial charge in [0.15, 0.2) is 0 Å². The van der Waals surface area contributed by atoms with Crippen LogP contribution < -0.4 is 5.32 Å². The summed E-state index contributed by atoms with van der Waals surface area (Å²) < 4.78 is 0. The number of carboxylic acids is 1. The number of aliphatic carboxylic acids is 1. The van der Waals surface area contributed by atoms with Crippen molar-refractivity contribution in [1.29, 1.82) is 0 Å². The van der Waals surface area contributed by atoms with Crippen LogP contribution in [0.5, 0.6) is 0 Å². The van der Waals surface area contributed by atoms with E-state index in [4.69, 9.17) is 5.11 Å². The van der Waals surface area contributed by atoms with E-state index in [1.807, 2.05) is 6.92 Å². The fourth-order valence-corrected chi connectivity index (χ4v) is 1.60. The molecule has 0 aliphatic heterocycles. The van der Waals surface area contributed by atoms with E-state index in [1.165, 1.54) is 16.8 Å². The summed E-state index contributed by atoms with van der Waals surface area (Å²) in [6.45, 7) is 6.35. The number of hydrogen-bond donors (Lipinski definition) is 2. The van der Waals surface area contributed by atoms with Crippen molar-refractivity contribution in [3.05, 3.63) is 0 Å². The summed E-state index contributed by atoms with van der Waals surface area (Å²) >= 11 is 0. The summed E-state index contributed by atoms with van der Waals surface area (Å²) in [5.41, 5.74) is 0. The van der Waals surface area contributed by atoms with Gasteiger partial charge in [0.25, 0.3) is 0 Å². The lowest BCUT2D eigenvalue weighted by molar-refractivity contribution is -0.141. The summed E-state index contributed by atoms with van der Waals surface area (Å²) in [6.07, 6.45) is 0.834. The average Bonchev–Trinajstić information content (AvgIpc) is 2.41. The van der Waals surface area contributed by atoms with Gasteiger partial charge in [0.05, 0.1) is 5.92 Å². The molecule has 0 heterocycles. The van der Waals surface area contributed by atoms with Crippen LogP contribution >= 0.6 is 0 Å². The summed E-state index contributed by atoms with van der Waals surface area (Å²) in [4.78, 5) is 37.2. The fraction of sp³-hybridized carbons (Fsp3) is 0.769. The largest absolute Gasteiger partial charge is 0.481 e. The topological polar surface area (TPSA) is 90.0 Å². The second kappa shape index (κ2) is 9.17. The normalized spacial score (nSPS) is 11.6. The van der Waals surface area contributed by atoms with Crippen LogP contribution in [0, 0.1) is 5.92 Å². The Bertz CT molecular complexity index is 347. The van der Waals surface area contributed by atoms with Crippen LogP contribution in [0.4, 0.5) is 4.79 Å². The predicted molar refractivity (Wildman–Crippen MR) is 75.4 cm³/mol. The molecule has 7 nitrogen and oxygen atoms in total. The molecule has 0 radical (unpaired) electrons. The highest BCUT2D eigenvalue weighted by molar-refractivity contribution is 5.84. The standard InChI is InChI=1S/C13H25N3O4/c1-5-7-14-11(17)9-15(4)13(20)16(6-2)8-10(3)12(18)19/h10H,5-9H2,1-4H3,(H,14,17)(H,18,19). The third-order valence-corrected chi connectivity index (χ3v) is 2.85. The monoisotopic (exact) mass is 287 g/mol. The maximum absolute atomic E-state index is 12.1. The SMILES string of the molecule is CCCNC(=O)CN(C)C(=O)N(CC)CC(C)C(=O)O. The van der Waals surface area contributed by atoms with Gasteiger partial charge in [-0.3, -0.25) is 9.59 Å². The Morgan fingerprint density at radius 2 is 1.85 bits per heavy atom. The minimum absolute atomic E-state index is 0.0310. The van der Waals surface area contributed by atoms with Crippen molar-refractivity contribution < 1.29 is 19.5 Å². The number of nitrogens with zero attached hydrogens (tertiary/aromatic N) is 2. The van der Waals surface area contributed by atoms with E-state index in [9.17, 15) is 14.4 Å². The first-order chi connectivity index (χ1) is 9.33. The Balaban J connectivity index is 4.44. The number of carboxylic acid groups (broad SMARTS) is 1. The van der Waals surface area contributed by atoms with E-state index >= 15 is 0 Å². The van der Waals surface area contributed by atoms with Crippen molar-refractivity contribution in [2.45, 2.75) is 27.2 Å². The number of carbonyl (C=O) groups is 3. The van der Waals surface area contributed by atoms with Crippen LogP contribution in [-0.2, 0) is 9.59 Å². The van der Waals surface area contributed by atoms with Crippen molar-refractivity contribution in [3.8, 4) is 0 Å². The van der Waals surface area contributed by atoms with Crippen molar-refractivity contribution >= 4 is 17.9 Å². The maximum atomic E-state index is 12.1. The summed E-state index contributed by atoms with van der Waals surface area (Å²) in [7, 11) is 1.53. The van der Waals surface area contributed by atoms with Crippen LogP contribution in [0.15, 0.2) is 0 Å². The van der Waals surface area contributed by atoms with Gasteiger partial charge in [-0.15, -0.1) is 0 Å². The maximum Gasteiger partial charge on any atom is 0.320 e. The summed E-state index contributed by atoms with van der Waals surface area (Å²) in [5, 5.41) is 11.6. The van der Waals surface area contributed by atoms with Crippen LogP contribution in [0.2, 0.25) is 0 Å². The Kier molecular flexibility index (Phi) is 8.35. The van der Waals surface area contributed by atoms with E-state index in [-0.39, 0.29) is 25.0 Å². The molecule has 0 aromatic rings. The van der Waals surface area contributed by atoms with Crippen LogP contribution in [0.1, 0.15) is 27.2 Å². The molecule has 7 heteroatoms. The molecule has 3 amide bonds. The molecule has 0 aromatic heterocycles. The number of nitrogens with one attached hydrogen (secondary N) is 1. The Morgan fingerprint density at radius 3 is 2.30 bits per heavy atom. The second-order valence-electron chi connectivity index (χ2n) is 4.77. The van der Waals surface area contributed by atoms with Crippen LogP contribution in [0.3, 0.4) is 0 Å². The number of likely N-dealkylation sites (N-methyl/N-ethyl adjacent to an activating group) is 1. The molecule has 0 bridgehead atoms. The van der Waals surface area contributed by atoms with E-state index in [1.54, 1.807) is 13.8 Å². The van der Waals surface area contributed by atoms with Gasteiger partial charge in [-0.1, -0.05) is 13.8 Å². The highest BCUT2D eigenvalue weighted by Crippen LogP contribution is 2.03. The van der Waals surface area contributed by atoms with E-state index in [0.29, 0.717) is 13.1 Å². The van der Waals surface area contributed by atoms with E-state index in [0.717, 1.165) is 6.42 Å². The minimum atomic E-state index is -0.945. The van der Waals surface area contributed by atoms with Gasteiger partial charge in [0, 0.05) is 26.7 Å². The zero-order valence-electron chi connectivity index (χ0n) is 12.7. The van der Waals surface area contributed by atoms with Crippen molar-refractivity contribution in [2.75, 3.05) is 33.2 Å². The van der Waals surface area contributed by atoms with E-state index < -0.39 is 11.9 Å². The predicted octanol–water partition coefficient (Wildman–Crippen LogP) is 0.607. The zero-order valence-corrected chi connectivity index (χ0v) is 12.7. The van der Waals surface area contributed by atoms with Gasteiger partial charge in [-0.25, -0.2) is 4.79 Å². The third kappa shape index (κ3) is 6.40. The first-order valence-electron chi connectivity index (χ1n) is 6.82. The minimum Gasteiger partial charge on any atom is -0.481 e. The highest BCUT2D eigenvalue weighted by atomic mass is 16.4. The van der Waals surface area contributed by atoms with Crippen LogP contribution in [0.25, 0.3) is 0 Å². The summed E-state index contributed by atoms with van der Waals surface area (Å²) in [6, 6.07) is -0.341. The van der Waals surface area contributed by atoms with E-state index in [2.05, 4.69) is 5.32 Å². The number of carbonyl (C=O) groups excluding carboxylic acids is 2. The lowest BCUT2D eigenvalue weighted by atomic mass is 10.2. The van der Waals surface area contributed by atoms with Gasteiger partial charge in [-0.05, 0) is 13.3 Å². The Morgan fingerprint density at radius 1 is 1.25 bits per heavy atom. The van der Waals surface area contributed by atoms with Crippen molar-refractivity contribution in [1.82, 2.24) is 15.1 Å². The molecule has 20 heavy (non-hydrogen) atoms. The fourth-order valence-electron chi connectivity index (χ4n) is 1.60. The number of rotatable bonds is 8. The molecule has 0 aliphatic carbocycles. The molecular formula is C13H25N3O4. The Labute approximate surface area is 119 Å². The molecule has 0 fully saturated rings. The first kappa shape index (κ1) is 18.2. The molecule has 2 N–H and O–H groups in total. The van der Waals surface area contributed by atoms with Crippen LogP contribution in [-0.4, -0.2) is 66.0 Å². The van der Waals surface area contributed by atoms with Crippen molar-refractivity contribution in [2.24, 2.45) is 5.92 Å². The molecule has 0 aromatic carbocycles. The van der Waals surface area contributed by atoms with Gasteiger partial charge in [0.1, 0.15) is 6.54 Å². The number of hydrogen-bond acceptors (Lipinski definition) is 3. The molecular weight excluding hydrogens is 262 g/mol.